The first kappa shape index (κ1) is 22.3. The van der Waals surface area contributed by atoms with Gasteiger partial charge in [0.1, 0.15) is 17.4 Å². The molecule has 162 valence electrons. The Hall–Kier alpha value is -3.40. The van der Waals surface area contributed by atoms with Crippen molar-refractivity contribution in [3.05, 3.63) is 60.2 Å². The van der Waals surface area contributed by atoms with Crippen molar-refractivity contribution in [2.45, 2.75) is 25.0 Å². The van der Waals surface area contributed by atoms with Crippen molar-refractivity contribution < 1.29 is 18.7 Å². The third-order valence-electron chi connectivity index (χ3n) is 4.26. The SMILES string of the molecule is CCn1c(CC(=O)Nc2ccc(OC)cc2)nnc1SCC(=O)Nc1ccc(F)cc1. The molecule has 2 aromatic carbocycles. The van der Waals surface area contributed by atoms with Crippen molar-refractivity contribution in [2.75, 3.05) is 23.5 Å². The van der Waals surface area contributed by atoms with E-state index in [-0.39, 0.29) is 29.8 Å². The van der Waals surface area contributed by atoms with Crippen LogP contribution in [0.15, 0.2) is 53.7 Å². The molecule has 0 saturated heterocycles. The Labute approximate surface area is 183 Å². The van der Waals surface area contributed by atoms with E-state index in [4.69, 9.17) is 4.74 Å². The van der Waals surface area contributed by atoms with E-state index in [1.54, 1.807) is 35.9 Å². The standard InChI is InChI=1S/C21H22FN5O3S/c1-3-27-18(12-19(28)23-16-8-10-17(30-2)11-9-16)25-26-21(27)31-13-20(29)24-15-6-4-14(22)5-7-15/h4-11H,3,12-13H2,1-2H3,(H,23,28)(H,24,29). The van der Waals surface area contributed by atoms with Gasteiger partial charge >= 0.3 is 0 Å². The number of hydrogen-bond acceptors (Lipinski definition) is 6. The lowest BCUT2D eigenvalue weighted by Crippen LogP contribution is -2.18. The summed E-state index contributed by atoms with van der Waals surface area (Å²) in [5.74, 6) is 0.475. The second-order valence-electron chi connectivity index (χ2n) is 6.44. The highest BCUT2D eigenvalue weighted by Crippen LogP contribution is 2.19. The third kappa shape index (κ3) is 6.29. The zero-order valence-corrected chi connectivity index (χ0v) is 17.9. The molecule has 0 aliphatic rings. The van der Waals surface area contributed by atoms with Gasteiger partial charge in [-0.05, 0) is 55.5 Å². The Morgan fingerprint density at radius 1 is 1.00 bits per heavy atom. The molecule has 2 amide bonds. The molecule has 0 spiro atoms. The summed E-state index contributed by atoms with van der Waals surface area (Å²) in [7, 11) is 1.58. The highest BCUT2D eigenvalue weighted by atomic mass is 32.2. The van der Waals surface area contributed by atoms with E-state index < -0.39 is 0 Å². The summed E-state index contributed by atoms with van der Waals surface area (Å²) in [5.41, 5.74) is 1.17. The zero-order valence-electron chi connectivity index (χ0n) is 17.1. The van der Waals surface area contributed by atoms with Crippen LogP contribution in [0.4, 0.5) is 15.8 Å². The minimum absolute atomic E-state index is 0.0508. The Morgan fingerprint density at radius 2 is 1.61 bits per heavy atom. The number of anilines is 2. The Balaban J connectivity index is 1.55. The van der Waals surface area contributed by atoms with Crippen LogP contribution >= 0.6 is 11.8 Å². The smallest absolute Gasteiger partial charge is 0.234 e. The number of nitrogens with zero attached hydrogens (tertiary/aromatic N) is 3. The summed E-state index contributed by atoms with van der Waals surface area (Å²) < 4.78 is 19.8. The summed E-state index contributed by atoms with van der Waals surface area (Å²) in [6, 6.07) is 12.6. The maximum Gasteiger partial charge on any atom is 0.234 e. The number of hydrogen-bond donors (Lipinski definition) is 2. The molecule has 0 unspecified atom stereocenters. The van der Waals surface area contributed by atoms with Crippen molar-refractivity contribution in [1.82, 2.24) is 14.8 Å². The predicted molar refractivity (Wildman–Crippen MR) is 117 cm³/mol. The summed E-state index contributed by atoms with van der Waals surface area (Å²) in [6.07, 6.45) is 0.0508. The Bertz CT molecular complexity index is 1040. The minimum Gasteiger partial charge on any atom is -0.497 e. The van der Waals surface area contributed by atoms with Gasteiger partial charge in [0.15, 0.2) is 5.16 Å². The van der Waals surface area contributed by atoms with Gasteiger partial charge in [-0.1, -0.05) is 11.8 Å². The lowest BCUT2D eigenvalue weighted by atomic mass is 10.3. The molecule has 1 heterocycles. The van der Waals surface area contributed by atoms with Crippen LogP contribution in [-0.4, -0.2) is 39.4 Å². The number of benzene rings is 2. The van der Waals surface area contributed by atoms with E-state index in [0.717, 1.165) is 0 Å². The molecule has 0 aliphatic heterocycles. The second-order valence-corrected chi connectivity index (χ2v) is 7.38. The van der Waals surface area contributed by atoms with Crippen molar-refractivity contribution in [1.29, 1.82) is 0 Å². The van der Waals surface area contributed by atoms with E-state index in [9.17, 15) is 14.0 Å². The van der Waals surface area contributed by atoms with Gasteiger partial charge in [0, 0.05) is 17.9 Å². The maximum absolute atomic E-state index is 13.0. The van der Waals surface area contributed by atoms with Crippen LogP contribution in [0.2, 0.25) is 0 Å². The highest BCUT2D eigenvalue weighted by Gasteiger charge is 2.16. The van der Waals surface area contributed by atoms with Crippen molar-refractivity contribution in [2.24, 2.45) is 0 Å². The number of carbonyl (C=O) groups excluding carboxylic acids is 2. The number of rotatable bonds is 9. The summed E-state index contributed by atoms with van der Waals surface area (Å²) in [4.78, 5) is 24.5. The largest absolute Gasteiger partial charge is 0.497 e. The first-order valence-electron chi connectivity index (χ1n) is 9.52. The monoisotopic (exact) mass is 443 g/mol. The van der Waals surface area contributed by atoms with Crippen molar-refractivity contribution in [3.63, 3.8) is 0 Å². The summed E-state index contributed by atoms with van der Waals surface area (Å²) in [5, 5.41) is 14.3. The van der Waals surface area contributed by atoms with Gasteiger partial charge in [-0.15, -0.1) is 10.2 Å². The number of thioether (sulfide) groups is 1. The van der Waals surface area contributed by atoms with Crippen LogP contribution in [0.25, 0.3) is 0 Å². The molecule has 3 rings (SSSR count). The van der Waals surface area contributed by atoms with Gasteiger partial charge in [-0.2, -0.15) is 0 Å². The lowest BCUT2D eigenvalue weighted by Gasteiger charge is -2.09. The summed E-state index contributed by atoms with van der Waals surface area (Å²) in [6.45, 7) is 2.47. The van der Waals surface area contributed by atoms with Gasteiger partial charge in [0.2, 0.25) is 11.8 Å². The predicted octanol–water partition coefficient (Wildman–Crippen LogP) is 3.36. The molecule has 0 atom stereocenters. The van der Waals surface area contributed by atoms with E-state index in [2.05, 4.69) is 20.8 Å². The van der Waals surface area contributed by atoms with E-state index in [0.29, 0.717) is 34.6 Å². The molecule has 1 aromatic heterocycles. The highest BCUT2D eigenvalue weighted by molar-refractivity contribution is 7.99. The molecule has 0 radical (unpaired) electrons. The van der Waals surface area contributed by atoms with Crippen molar-refractivity contribution >= 4 is 35.0 Å². The lowest BCUT2D eigenvalue weighted by molar-refractivity contribution is -0.116. The second kappa shape index (κ2) is 10.6. The average molecular weight is 444 g/mol. The van der Waals surface area contributed by atoms with Gasteiger partial charge in [-0.25, -0.2) is 4.39 Å². The summed E-state index contributed by atoms with van der Waals surface area (Å²) >= 11 is 1.22. The molecule has 3 aromatic rings. The van der Waals surface area contributed by atoms with Crippen LogP contribution in [0.3, 0.4) is 0 Å². The molecule has 0 saturated carbocycles. The number of methoxy groups -OCH3 is 1. The van der Waals surface area contributed by atoms with Crippen LogP contribution in [0.5, 0.6) is 5.75 Å². The number of halogens is 1. The van der Waals surface area contributed by atoms with Crippen LogP contribution in [-0.2, 0) is 22.6 Å². The van der Waals surface area contributed by atoms with Crippen molar-refractivity contribution in [3.8, 4) is 5.75 Å². The fourth-order valence-electron chi connectivity index (χ4n) is 2.76. The number of aromatic nitrogens is 3. The van der Waals surface area contributed by atoms with Gasteiger partial charge < -0.3 is 19.9 Å². The minimum atomic E-state index is -0.369. The van der Waals surface area contributed by atoms with Crippen LogP contribution in [0.1, 0.15) is 12.7 Å². The molecule has 2 N–H and O–H groups in total. The Kier molecular flexibility index (Phi) is 7.60. The fourth-order valence-corrected chi connectivity index (χ4v) is 3.58. The van der Waals surface area contributed by atoms with E-state index in [1.807, 2.05) is 6.92 Å². The van der Waals surface area contributed by atoms with Gasteiger partial charge in [0.25, 0.3) is 0 Å². The molecule has 8 nitrogen and oxygen atoms in total. The number of amides is 2. The molecule has 0 aliphatic carbocycles. The fraction of sp³-hybridized carbons (Fsp3) is 0.238. The molecular weight excluding hydrogens is 421 g/mol. The van der Waals surface area contributed by atoms with E-state index in [1.165, 1.54) is 36.0 Å². The number of carbonyl (C=O) groups is 2. The molecule has 0 fully saturated rings. The first-order chi connectivity index (χ1) is 15.0. The molecule has 31 heavy (non-hydrogen) atoms. The molecule has 0 bridgehead atoms. The normalized spacial score (nSPS) is 10.5. The van der Waals surface area contributed by atoms with Crippen LogP contribution < -0.4 is 15.4 Å². The van der Waals surface area contributed by atoms with Crippen LogP contribution in [0, 0.1) is 5.82 Å². The average Bonchev–Trinajstić information content (AvgIpc) is 3.15. The molecular formula is C21H22FN5O3S. The quantitative estimate of drug-likeness (QED) is 0.492. The number of nitrogens with one attached hydrogen (secondary N) is 2. The van der Waals surface area contributed by atoms with Gasteiger partial charge in [-0.3, -0.25) is 9.59 Å². The van der Waals surface area contributed by atoms with Gasteiger partial charge in [0.05, 0.1) is 19.3 Å². The molecule has 10 heteroatoms. The van der Waals surface area contributed by atoms with E-state index >= 15 is 0 Å². The topological polar surface area (TPSA) is 98.1 Å². The number of ether oxygens (including phenoxy) is 1. The zero-order chi connectivity index (χ0) is 22.2. The Morgan fingerprint density at radius 3 is 2.23 bits per heavy atom. The maximum atomic E-state index is 13.0. The third-order valence-corrected chi connectivity index (χ3v) is 5.23. The first-order valence-corrected chi connectivity index (χ1v) is 10.5.